The molecule has 1 aromatic heterocycles. The molecule has 3 aliphatic rings. The SMILES string of the molecule is OC1(c2cn([C@@H]3CC4(CCCC4)Oc4ccc(F)cc43)nn2)CCNC1. The quantitative estimate of drug-likeness (QED) is 0.862. The van der Waals surface area contributed by atoms with Crippen LogP contribution in [0.3, 0.4) is 0 Å². The van der Waals surface area contributed by atoms with E-state index in [0.717, 1.165) is 50.0 Å². The zero-order valence-corrected chi connectivity index (χ0v) is 14.6. The van der Waals surface area contributed by atoms with E-state index in [1.807, 2.05) is 6.20 Å². The van der Waals surface area contributed by atoms with Gasteiger partial charge in [0.1, 0.15) is 28.5 Å². The maximum absolute atomic E-state index is 13.9. The highest BCUT2D eigenvalue weighted by Gasteiger charge is 2.45. The van der Waals surface area contributed by atoms with E-state index in [1.165, 1.54) is 12.1 Å². The van der Waals surface area contributed by atoms with Crippen molar-refractivity contribution in [3.63, 3.8) is 0 Å². The maximum atomic E-state index is 13.9. The van der Waals surface area contributed by atoms with Crippen molar-refractivity contribution in [3.05, 3.63) is 41.5 Å². The molecule has 26 heavy (non-hydrogen) atoms. The summed E-state index contributed by atoms with van der Waals surface area (Å²) in [5, 5.41) is 22.5. The van der Waals surface area contributed by atoms with Crippen LogP contribution in [0.4, 0.5) is 4.39 Å². The average molecular weight is 358 g/mol. The molecule has 1 spiro atoms. The van der Waals surface area contributed by atoms with Gasteiger partial charge in [-0.15, -0.1) is 5.10 Å². The fraction of sp³-hybridized carbons (Fsp3) is 0.579. The van der Waals surface area contributed by atoms with Crippen LogP contribution < -0.4 is 10.1 Å². The van der Waals surface area contributed by atoms with Crippen molar-refractivity contribution in [1.29, 1.82) is 0 Å². The van der Waals surface area contributed by atoms with E-state index in [0.29, 0.717) is 18.7 Å². The van der Waals surface area contributed by atoms with Crippen molar-refractivity contribution < 1.29 is 14.2 Å². The smallest absolute Gasteiger partial charge is 0.125 e. The van der Waals surface area contributed by atoms with Gasteiger partial charge in [0.15, 0.2) is 0 Å². The Morgan fingerprint density at radius 2 is 2.12 bits per heavy atom. The van der Waals surface area contributed by atoms with Gasteiger partial charge < -0.3 is 15.2 Å². The van der Waals surface area contributed by atoms with Gasteiger partial charge >= 0.3 is 0 Å². The third kappa shape index (κ3) is 2.53. The van der Waals surface area contributed by atoms with Gasteiger partial charge in [-0.2, -0.15) is 0 Å². The Kier molecular flexibility index (Phi) is 3.59. The molecule has 0 radical (unpaired) electrons. The number of β-amino-alcohol motifs (C(OH)–C–C–N with tert-alkyl or cyclic N) is 1. The monoisotopic (exact) mass is 358 g/mol. The number of nitrogens with one attached hydrogen (secondary N) is 1. The van der Waals surface area contributed by atoms with Crippen molar-refractivity contribution in [1.82, 2.24) is 20.3 Å². The zero-order valence-electron chi connectivity index (χ0n) is 14.6. The van der Waals surface area contributed by atoms with Crippen molar-refractivity contribution in [2.75, 3.05) is 13.1 Å². The summed E-state index contributed by atoms with van der Waals surface area (Å²) < 4.78 is 22.0. The van der Waals surface area contributed by atoms with E-state index in [4.69, 9.17) is 4.74 Å². The van der Waals surface area contributed by atoms with E-state index >= 15 is 0 Å². The van der Waals surface area contributed by atoms with Gasteiger partial charge in [-0.25, -0.2) is 9.07 Å². The lowest BCUT2D eigenvalue weighted by Gasteiger charge is -2.39. The van der Waals surface area contributed by atoms with E-state index in [1.54, 1.807) is 10.7 Å². The highest BCUT2D eigenvalue weighted by atomic mass is 19.1. The number of hydrogen-bond donors (Lipinski definition) is 2. The van der Waals surface area contributed by atoms with E-state index in [-0.39, 0.29) is 17.5 Å². The molecule has 1 aromatic carbocycles. The first-order chi connectivity index (χ1) is 12.6. The number of rotatable bonds is 2. The average Bonchev–Trinajstić information content (AvgIpc) is 3.36. The van der Waals surface area contributed by atoms with Gasteiger partial charge in [0, 0.05) is 18.5 Å². The third-order valence-corrected chi connectivity index (χ3v) is 6.18. The summed E-state index contributed by atoms with van der Waals surface area (Å²) in [5.41, 5.74) is 0.204. The largest absolute Gasteiger partial charge is 0.487 e. The summed E-state index contributed by atoms with van der Waals surface area (Å²) in [5.74, 6) is 0.460. The lowest BCUT2D eigenvalue weighted by molar-refractivity contribution is 0.0351. The summed E-state index contributed by atoms with van der Waals surface area (Å²) in [6, 6.07) is 4.58. The highest BCUT2D eigenvalue weighted by Crippen LogP contribution is 2.48. The summed E-state index contributed by atoms with van der Waals surface area (Å²) in [4.78, 5) is 0. The molecule has 1 unspecified atom stereocenters. The number of halogens is 1. The van der Waals surface area contributed by atoms with Gasteiger partial charge in [0.25, 0.3) is 0 Å². The third-order valence-electron chi connectivity index (χ3n) is 6.18. The fourth-order valence-corrected chi connectivity index (χ4v) is 4.71. The molecule has 2 aromatic rings. The Labute approximate surface area is 151 Å². The predicted octanol–water partition coefficient (Wildman–Crippen LogP) is 2.28. The van der Waals surface area contributed by atoms with Crippen LogP contribution in [0.25, 0.3) is 0 Å². The molecule has 2 fully saturated rings. The molecule has 0 amide bonds. The number of nitrogens with zero attached hydrogens (tertiary/aromatic N) is 3. The first-order valence-electron chi connectivity index (χ1n) is 9.41. The summed E-state index contributed by atoms with van der Waals surface area (Å²) in [6.07, 6.45) is 7.51. The first-order valence-corrected chi connectivity index (χ1v) is 9.41. The van der Waals surface area contributed by atoms with Crippen LogP contribution in [-0.2, 0) is 5.60 Å². The molecule has 138 valence electrons. The normalized spacial score (nSPS) is 29.7. The number of ether oxygens (including phenoxy) is 1. The molecule has 1 saturated carbocycles. The molecule has 3 heterocycles. The first kappa shape index (κ1) is 16.2. The van der Waals surface area contributed by atoms with Gasteiger partial charge in [-0.3, -0.25) is 0 Å². The van der Waals surface area contributed by atoms with Crippen LogP contribution in [0.2, 0.25) is 0 Å². The Hall–Kier alpha value is -1.99. The highest BCUT2D eigenvalue weighted by molar-refractivity contribution is 5.40. The van der Waals surface area contributed by atoms with Crippen molar-refractivity contribution in [2.24, 2.45) is 0 Å². The van der Waals surface area contributed by atoms with Crippen LogP contribution in [0, 0.1) is 5.82 Å². The molecule has 2 aliphatic heterocycles. The van der Waals surface area contributed by atoms with Gasteiger partial charge in [0.05, 0.1) is 12.2 Å². The van der Waals surface area contributed by atoms with Crippen LogP contribution in [0.15, 0.2) is 24.4 Å². The minimum absolute atomic E-state index is 0.133. The van der Waals surface area contributed by atoms with E-state index in [9.17, 15) is 9.50 Å². The molecule has 2 N–H and O–H groups in total. The van der Waals surface area contributed by atoms with Crippen LogP contribution in [0.1, 0.15) is 55.8 Å². The lowest BCUT2D eigenvalue weighted by Crippen LogP contribution is -2.40. The molecule has 1 saturated heterocycles. The summed E-state index contributed by atoms with van der Waals surface area (Å²) in [6.45, 7) is 1.24. The fourth-order valence-electron chi connectivity index (χ4n) is 4.71. The number of fused-ring (bicyclic) bond motifs is 1. The van der Waals surface area contributed by atoms with Crippen molar-refractivity contribution in [2.45, 2.75) is 55.8 Å². The van der Waals surface area contributed by atoms with Crippen molar-refractivity contribution >= 4 is 0 Å². The summed E-state index contributed by atoms with van der Waals surface area (Å²) >= 11 is 0. The topological polar surface area (TPSA) is 72.2 Å². The Morgan fingerprint density at radius 3 is 2.88 bits per heavy atom. The van der Waals surface area contributed by atoms with Crippen LogP contribution in [0.5, 0.6) is 5.75 Å². The Morgan fingerprint density at radius 1 is 1.27 bits per heavy atom. The number of hydrogen-bond acceptors (Lipinski definition) is 5. The van der Waals surface area contributed by atoms with Crippen LogP contribution in [-0.4, -0.2) is 38.8 Å². The van der Waals surface area contributed by atoms with Gasteiger partial charge in [-0.1, -0.05) is 5.21 Å². The number of benzene rings is 1. The predicted molar refractivity (Wildman–Crippen MR) is 92.4 cm³/mol. The Balaban J connectivity index is 1.55. The molecular formula is C19H23FN4O2. The molecule has 0 bridgehead atoms. The lowest BCUT2D eigenvalue weighted by atomic mass is 9.86. The van der Waals surface area contributed by atoms with E-state index < -0.39 is 5.60 Å². The van der Waals surface area contributed by atoms with Crippen LogP contribution >= 0.6 is 0 Å². The molecule has 6 nitrogen and oxygen atoms in total. The molecule has 5 rings (SSSR count). The molecule has 1 aliphatic carbocycles. The summed E-state index contributed by atoms with van der Waals surface area (Å²) in [7, 11) is 0. The maximum Gasteiger partial charge on any atom is 0.125 e. The second-order valence-corrected chi connectivity index (χ2v) is 7.94. The second kappa shape index (κ2) is 5.76. The number of aliphatic hydroxyl groups is 1. The minimum atomic E-state index is -0.973. The van der Waals surface area contributed by atoms with E-state index in [2.05, 4.69) is 15.6 Å². The van der Waals surface area contributed by atoms with Gasteiger partial charge in [0.2, 0.25) is 0 Å². The van der Waals surface area contributed by atoms with Gasteiger partial charge in [-0.05, 0) is 56.8 Å². The standard InChI is InChI=1S/C19H23FN4O2/c20-13-3-4-16-14(9-13)15(10-18(26-16)5-1-2-6-18)24-11-17(22-23-24)19(25)7-8-21-12-19/h3-4,9,11,15,21,25H,1-2,5-8,10,12H2/t15-,19?/m1/s1. The molecule has 2 atom stereocenters. The van der Waals surface area contributed by atoms with Crippen molar-refractivity contribution in [3.8, 4) is 5.75 Å². The second-order valence-electron chi connectivity index (χ2n) is 7.94. The Bertz CT molecular complexity index is 825. The molecular weight excluding hydrogens is 335 g/mol. The molecule has 7 heteroatoms. The minimum Gasteiger partial charge on any atom is -0.487 e. The number of aromatic nitrogens is 3. The zero-order chi connectivity index (χ0) is 17.8.